The number of hydrogen-bond acceptors (Lipinski definition) is 0. The van der Waals surface area contributed by atoms with Crippen molar-refractivity contribution < 1.29 is 0 Å². The van der Waals surface area contributed by atoms with E-state index in [-0.39, 0.29) is 0 Å². The smallest absolute Gasteiger partial charge is 0.0351 e. The van der Waals surface area contributed by atoms with Crippen LogP contribution in [0.3, 0.4) is 0 Å². The minimum absolute atomic E-state index is 1.06. The third kappa shape index (κ3) is 15.5. The van der Waals surface area contributed by atoms with Crippen LogP contribution in [0.1, 0.15) is 77.6 Å². The summed E-state index contributed by atoms with van der Waals surface area (Å²) in [4.78, 5) is 0. The first-order chi connectivity index (χ1) is 8.41. The van der Waals surface area contributed by atoms with E-state index >= 15 is 0 Å². The molecule has 0 heteroatoms. The van der Waals surface area contributed by atoms with Gasteiger partial charge >= 0.3 is 0 Å². The molecule has 0 aromatic carbocycles. The predicted molar refractivity (Wildman–Crippen MR) is 80.1 cm³/mol. The second-order valence-corrected chi connectivity index (χ2v) is 4.72. The van der Waals surface area contributed by atoms with Gasteiger partial charge in [-0.15, -0.1) is 0 Å². The van der Waals surface area contributed by atoms with E-state index in [1.165, 1.54) is 64.2 Å². The summed E-state index contributed by atoms with van der Waals surface area (Å²) < 4.78 is 0. The number of rotatable bonds is 12. The van der Waals surface area contributed by atoms with Gasteiger partial charge in [-0.25, -0.2) is 0 Å². The van der Waals surface area contributed by atoms with Gasteiger partial charge in [-0.1, -0.05) is 63.8 Å². The van der Waals surface area contributed by atoms with E-state index in [1.54, 1.807) is 0 Å². The maximum absolute atomic E-state index is 3.84. The number of hydrogen-bond donors (Lipinski definition) is 0. The molecule has 0 amide bonds. The third-order valence-corrected chi connectivity index (χ3v) is 2.92. The molecule has 0 spiro atoms. The molecule has 0 aromatic heterocycles. The van der Waals surface area contributed by atoms with Gasteiger partial charge in [0.15, 0.2) is 0 Å². The van der Waals surface area contributed by atoms with Gasteiger partial charge in [-0.2, -0.15) is 0 Å². The topological polar surface area (TPSA) is 0 Å². The zero-order valence-corrected chi connectivity index (χ0v) is 11.8. The SMILES string of the molecule is [CH2]CCCC=CCCCCCC=CCCCC. The van der Waals surface area contributed by atoms with Crippen molar-refractivity contribution in [2.45, 2.75) is 77.6 Å². The Morgan fingerprint density at radius 3 is 1.59 bits per heavy atom. The van der Waals surface area contributed by atoms with Gasteiger partial charge in [0.05, 0.1) is 0 Å². The zero-order valence-electron chi connectivity index (χ0n) is 11.8. The van der Waals surface area contributed by atoms with E-state index in [1.807, 2.05) is 0 Å². The van der Waals surface area contributed by atoms with Gasteiger partial charge in [0.25, 0.3) is 0 Å². The minimum atomic E-state index is 1.06. The maximum atomic E-state index is 3.84. The van der Waals surface area contributed by atoms with Crippen LogP contribution in [0.25, 0.3) is 0 Å². The standard InChI is InChI=1S/C17H31/c1-3-5-7-9-11-13-15-17-16-14-12-10-8-6-4-2/h9-12H,1,3-8,13-17H2,2H3. The molecule has 0 heterocycles. The Balaban J connectivity index is 3.07. The fourth-order valence-corrected chi connectivity index (χ4v) is 1.76. The Morgan fingerprint density at radius 1 is 0.647 bits per heavy atom. The molecule has 0 atom stereocenters. The van der Waals surface area contributed by atoms with Gasteiger partial charge in [0.1, 0.15) is 0 Å². The summed E-state index contributed by atoms with van der Waals surface area (Å²) >= 11 is 0. The fraction of sp³-hybridized carbons (Fsp3) is 0.706. The van der Waals surface area contributed by atoms with Gasteiger partial charge in [0.2, 0.25) is 0 Å². The summed E-state index contributed by atoms with van der Waals surface area (Å²) in [6.45, 7) is 6.09. The summed E-state index contributed by atoms with van der Waals surface area (Å²) in [5, 5.41) is 0. The molecule has 0 rings (SSSR count). The second kappa shape index (κ2) is 15.5. The van der Waals surface area contributed by atoms with Crippen LogP contribution in [0.5, 0.6) is 0 Å². The molecule has 0 aromatic rings. The second-order valence-electron chi connectivity index (χ2n) is 4.72. The van der Waals surface area contributed by atoms with Crippen LogP contribution in [0.2, 0.25) is 0 Å². The molecule has 0 aliphatic carbocycles. The van der Waals surface area contributed by atoms with Crippen LogP contribution in [0.15, 0.2) is 24.3 Å². The Morgan fingerprint density at radius 2 is 1.12 bits per heavy atom. The molecule has 0 aliphatic rings. The molecule has 0 nitrogen and oxygen atoms in total. The van der Waals surface area contributed by atoms with Crippen molar-refractivity contribution in [3.63, 3.8) is 0 Å². The van der Waals surface area contributed by atoms with Crippen LogP contribution in [0, 0.1) is 6.92 Å². The molecule has 0 saturated heterocycles. The van der Waals surface area contributed by atoms with Gasteiger partial charge < -0.3 is 0 Å². The van der Waals surface area contributed by atoms with Crippen LogP contribution in [-0.2, 0) is 0 Å². The largest absolute Gasteiger partial charge is 0.0885 e. The highest BCUT2D eigenvalue weighted by Crippen LogP contribution is 2.06. The minimum Gasteiger partial charge on any atom is -0.0885 e. The molecule has 0 N–H and O–H groups in total. The van der Waals surface area contributed by atoms with Crippen LogP contribution in [0.4, 0.5) is 0 Å². The molecule has 0 saturated carbocycles. The van der Waals surface area contributed by atoms with Crippen LogP contribution >= 0.6 is 0 Å². The van der Waals surface area contributed by atoms with E-state index in [0.717, 1.165) is 6.42 Å². The summed E-state index contributed by atoms with van der Waals surface area (Å²) in [5.74, 6) is 0. The highest BCUT2D eigenvalue weighted by Gasteiger charge is 1.86. The Labute approximate surface area is 109 Å². The molecule has 0 bridgehead atoms. The Hall–Kier alpha value is -0.520. The van der Waals surface area contributed by atoms with E-state index in [2.05, 4.69) is 38.2 Å². The van der Waals surface area contributed by atoms with Crippen LogP contribution < -0.4 is 0 Å². The van der Waals surface area contributed by atoms with Crippen LogP contribution in [-0.4, -0.2) is 0 Å². The first-order valence-corrected chi connectivity index (χ1v) is 7.51. The first-order valence-electron chi connectivity index (χ1n) is 7.51. The molecule has 99 valence electrons. The van der Waals surface area contributed by atoms with Gasteiger partial charge in [-0.05, 0) is 44.9 Å². The molecule has 0 aliphatic heterocycles. The van der Waals surface area contributed by atoms with Gasteiger partial charge in [-0.3, -0.25) is 0 Å². The van der Waals surface area contributed by atoms with Crippen molar-refractivity contribution in [3.05, 3.63) is 31.2 Å². The third-order valence-electron chi connectivity index (χ3n) is 2.92. The predicted octanol–water partition coefficient (Wildman–Crippen LogP) is 6.24. The molecule has 1 radical (unpaired) electrons. The lowest BCUT2D eigenvalue weighted by Gasteiger charge is -1.95. The van der Waals surface area contributed by atoms with E-state index in [4.69, 9.17) is 0 Å². The lowest BCUT2D eigenvalue weighted by Crippen LogP contribution is -1.76. The monoisotopic (exact) mass is 235 g/mol. The fourth-order valence-electron chi connectivity index (χ4n) is 1.76. The number of allylic oxidation sites excluding steroid dienone is 4. The lowest BCUT2D eigenvalue weighted by atomic mass is 10.1. The van der Waals surface area contributed by atoms with Crippen molar-refractivity contribution in [2.75, 3.05) is 0 Å². The normalized spacial score (nSPS) is 11.9. The van der Waals surface area contributed by atoms with E-state index in [9.17, 15) is 0 Å². The lowest BCUT2D eigenvalue weighted by molar-refractivity contribution is 0.693. The van der Waals surface area contributed by atoms with Crippen molar-refractivity contribution in [3.8, 4) is 0 Å². The highest BCUT2D eigenvalue weighted by atomic mass is 13.9. The summed E-state index contributed by atoms with van der Waals surface area (Å²) in [6.07, 6.45) is 23.4. The molecule has 0 fully saturated rings. The molecule has 0 unspecified atom stereocenters. The highest BCUT2D eigenvalue weighted by molar-refractivity contribution is 4.83. The Kier molecular flexibility index (Phi) is 15.0. The van der Waals surface area contributed by atoms with Crippen molar-refractivity contribution in [1.82, 2.24) is 0 Å². The molecule has 17 heavy (non-hydrogen) atoms. The average molecular weight is 235 g/mol. The van der Waals surface area contributed by atoms with Crippen molar-refractivity contribution in [1.29, 1.82) is 0 Å². The molecular formula is C17H31. The Bertz CT molecular complexity index is 156. The van der Waals surface area contributed by atoms with Crippen molar-refractivity contribution in [2.24, 2.45) is 0 Å². The van der Waals surface area contributed by atoms with Crippen molar-refractivity contribution >= 4 is 0 Å². The number of unbranched alkanes of at least 4 members (excludes halogenated alkanes) is 8. The molecular weight excluding hydrogens is 204 g/mol. The zero-order chi connectivity index (χ0) is 12.6. The van der Waals surface area contributed by atoms with Gasteiger partial charge in [0, 0.05) is 0 Å². The van der Waals surface area contributed by atoms with E-state index < -0.39 is 0 Å². The van der Waals surface area contributed by atoms with E-state index in [0.29, 0.717) is 0 Å². The summed E-state index contributed by atoms with van der Waals surface area (Å²) in [7, 11) is 0. The summed E-state index contributed by atoms with van der Waals surface area (Å²) in [6, 6.07) is 0. The first kappa shape index (κ1) is 16.5. The quantitative estimate of drug-likeness (QED) is 0.277. The average Bonchev–Trinajstić information content (AvgIpc) is 2.35. The summed E-state index contributed by atoms with van der Waals surface area (Å²) in [5.41, 5.74) is 0. The maximum Gasteiger partial charge on any atom is -0.0351 e.